The number of aromatic nitrogens is 3. The van der Waals surface area contributed by atoms with Gasteiger partial charge in [-0.15, -0.1) is 0 Å². The summed E-state index contributed by atoms with van der Waals surface area (Å²) in [7, 11) is 0. The molecule has 1 aromatic carbocycles. The van der Waals surface area contributed by atoms with Gasteiger partial charge in [-0.05, 0) is 57.8 Å². The van der Waals surface area contributed by atoms with E-state index in [4.69, 9.17) is 4.42 Å². The van der Waals surface area contributed by atoms with Crippen LogP contribution in [0.2, 0.25) is 0 Å². The third kappa shape index (κ3) is 2.65. The Bertz CT molecular complexity index is 1020. The molecule has 0 N–H and O–H groups in total. The molecule has 1 unspecified atom stereocenters. The average Bonchev–Trinajstić information content (AvgIpc) is 3.05. The Morgan fingerprint density at radius 2 is 2.12 bits per heavy atom. The van der Waals surface area contributed by atoms with E-state index in [1.54, 1.807) is 28.0 Å². The minimum Gasteiger partial charge on any atom is -0.854 e. The highest BCUT2D eigenvalue weighted by molar-refractivity contribution is 14.1. The van der Waals surface area contributed by atoms with E-state index in [0.29, 0.717) is 31.6 Å². The maximum Gasteiger partial charge on any atom is 0.325 e. The topological polar surface area (TPSA) is 86.2 Å². The maximum absolute atomic E-state index is 12.7. The van der Waals surface area contributed by atoms with Crippen LogP contribution in [0.5, 0.6) is 5.88 Å². The molecule has 0 aliphatic carbocycles. The lowest BCUT2D eigenvalue weighted by Gasteiger charge is -2.31. The number of benzene rings is 1. The van der Waals surface area contributed by atoms with Crippen LogP contribution in [-0.4, -0.2) is 22.2 Å². The van der Waals surface area contributed by atoms with Gasteiger partial charge in [-0.25, -0.2) is 9.88 Å². The molecule has 1 amide bonds. The Kier molecular flexibility index (Phi) is 4.35. The molecule has 0 saturated carbocycles. The first-order valence-electron chi connectivity index (χ1n) is 7.70. The van der Waals surface area contributed by atoms with Gasteiger partial charge in [-0.3, -0.25) is 4.79 Å². The minimum atomic E-state index is -0.692. The van der Waals surface area contributed by atoms with Crippen LogP contribution in [0.1, 0.15) is 18.8 Å². The Labute approximate surface area is 167 Å². The van der Waals surface area contributed by atoms with Crippen molar-refractivity contribution >= 4 is 45.9 Å². The molecule has 132 valence electrons. The number of halogens is 1. The summed E-state index contributed by atoms with van der Waals surface area (Å²) in [5.41, 5.74) is 1.60. The highest BCUT2D eigenvalue weighted by atomic mass is 127. The van der Waals surface area contributed by atoms with Crippen molar-refractivity contribution < 1.29 is 19.0 Å². The van der Waals surface area contributed by atoms with Gasteiger partial charge in [-0.1, -0.05) is 23.9 Å². The molecule has 2 aromatic heterocycles. The van der Waals surface area contributed by atoms with Gasteiger partial charge >= 0.3 is 6.17 Å². The molecule has 0 spiro atoms. The second kappa shape index (κ2) is 6.54. The van der Waals surface area contributed by atoms with Crippen LogP contribution >= 0.6 is 34.4 Å². The van der Waals surface area contributed by atoms with E-state index >= 15 is 0 Å². The van der Waals surface area contributed by atoms with E-state index in [2.05, 4.69) is 32.7 Å². The van der Waals surface area contributed by atoms with Crippen LogP contribution in [0.3, 0.4) is 0 Å². The zero-order chi connectivity index (χ0) is 18.4. The first kappa shape index (κ1) is 17.3. The van der Waals surface area contributed by atoms with Gasteiger partial charge in [0.25, 0.3) is 10.9 Å². The fraction of sp³-hybridized carbons (Fsp3) is 0.176. The van der Waals surface area contributed by atoms with Crippen LogP contribution < -0.4 is 14.7 Å². The number of carbonyl (C=O) groups is 1. The first-order chi connectivity index (χ1) is 12.5. The summed E-state index contributed by atoms with van der Waals surface area (Å²) in [6, 6.07) is 10.8. The van der Waals surface area contributed by atoms with Gasteiger partial charge in [0.1, 0.15) is 0 Å². The third-order valence-corrected chi connectivity index (χ3v) is 5.21. The Morgan fingerprint density at radius 1 is 1.35 bits per heavy atom. The van der Waals surface area contributed by atoms with Crippen LogP contribution in [0.4, 0.5) is 5.69 Å². The Balaban J connectivity index is 2.08. The number of para-hydroxylation sites is 1. The van der Waals surface area contributed by atoms with Crippen molar-refractivity contribution in [3.63, 3.8) is 0 Å². The quantitative estimate of drug-likeness (QED) is 0.318. The van der Waals surface area contributed by atoms with E-state index in [0.717, 1.165) is 0 Å². The Morgan fingerprint density at radius 3 is 2.77 bits per heavy atom. The molecule has 3 heterocycles. The second-order valence-corrected chi connectivity index (χ2v) is 7.46. The van der Waals surface area contributed by atoms with Gasteiger partial charge in [0.05, 0.1) is 17.1 Å². The molecule has 4 rings (SSSR count). The van der Waals surface area contributed by atoms with Crippen molar-refractivity contribution in [2.45, 2.75) is 18.2 Å². The molecular formula is C17H13IN4O3S. The second-order valence-electron chi connectivity index (χ2n) is 5.62. The number of hydrogen-bond acceptors (Lipinski definition) is 6. The number of nitrogens with zero attached hydrogens (tertiary/aromatic N) is 4. The summed E-state index contributed by atoms with van der Waals surface area (Å²) in [4.78, 5) is 18.2. The van der Waals surface area contributed by atoms with Gasteiger partial charge < -0.3 is 9.52 Å². The number of thioether (sulfide) groups is 1. The van der Waals surface area contributed by atoms with Gasteiger partial charge in [0, 0.05) is 12.0 Å². The molecule has 9 heteroatoms. The summed E-state index contributed by atoms with van der Waals surface area (Å²) in [6.07, 6.45) is 1.11. The van der Waals surface area contributed by atoms with Crippen LogP contribution in [0, 0.1) is 3.77 Å². The molecular weight excluding hydrogens is 467 g/mol. The van der Waals surface area contributed by atoms with E-state index in [1.807, 2.05) is 24.3 Å². The highest BCUT2D eigenvalue weighted by Gasteiger charge is 2.45. The number of carbonyl (C=O) groups excluding carboxylic acids is 1. The zero-order valence-electron chi connectivity index (χ0n) is 13.8. The number of amides is 1. The first-order valence-corrected chi connectivity index (χ1v) is 10.0. The van der Waals surface area contributed by atoms with E-state index in [9.17, 15) is 9.90 Å². The predicted molar refractivity (Wildman–Crippen MR) is 102 cm³/mol. The molecule has 0 fully saturated rings. The monoisotopic (exact) mass is 480 g/mol. The number of rotatable bonds is 2. The van der Waals surface area contributed by atoms with Crippen LogP contribution in [0.15, 0.2) is 46.0 Å². The van der Waals surface area contributed by atoms with E-state index < -0.39 is 6.17 Å². The smallest absolute Gasteiger partial charge is 0.325 e. The molecule has 3 aromatic rings. The molecule has 7 nitrogen and oxygen atoms in total. The SMILES string of the molecule is CSc1nc([O-])c2[n+](n1)C(c1ccc(I)o1)N(C(C)=O)c1ccccc1-2. The molecule has 1 aliphatic rings. The summed E-state index contributed by atoms with van der Waals surface area (Å²) < 4.78 is 8.02. The highest BCUT2D eigenvalue weighted by Crippen LogP contribution is 2.40. The molecule has 0 radical (unpaired) electrons. The van der Waals surface area contributed by atoms with Crippen molar-refractivity contribution in [3.05, 3.63) is 45.9 Å². The number of furan rings is 1. The summed E-state index contributed by atoms with van der Waals surface area (Å²) in [5, 5.41) is 17.6. The summed E-state index contributed by atoms with van der Waals surface area (Å²) in [6.45, 7) is 1.48. The normalized spacial score (nSPS) is 15.5. The van der Waals surface area contributed by atoms with E-state index in [-0.39, 0.29) is 11.8 Å². The fourth-order valence-corrected chi connectivity index (χ4v) is 3.86. The predicted octanol–water partition coefficient (Wildman–Crippen LogP) is 2.34. The lowest BCUT2D eigenvalue weighted by atomic mass is 10.0. The lowest BCUT2D eigenvalue weighted by molar-refractivity contribution is -0.765. The van der Waals surface area contributed by atoms with Crippen molar-refractivity contribution in [1.82, 2.24) is 10.1 Å². The van der Waals surface area contributed by atoms with Gasteiger partial charge in [0.15, 0.2) is 9.53 Å². The van der Waals surface area contributed by atoms with E-state index in [1.165, 1.54) is 18.7 Å². The third-order valence-electron chi connectivity index (χ3n) is 4.09. The Hall–Kier alpha value is -2.14. The maximum atomic E-state index is 12.7. The summed E-state index contributed by atoms with van der Waals surface area (Å²) in [5.74, 6) is -0.0365. The van der Waals surface area contributed by atoms with Crippen molar-refractivity contribution in [1.29, 1.82) is 0 Å². The molecule has 0 saturated heterocycles. The van der Waals surface area contributed by atoms with Crippen molar-refractivity contribution in [2.24, 2.45) is 0 Å². The fourth-order valence-electron chi connectivity index (χ4n) is 3.09. The summed E-state index contributed by atoms with van der Waals surface area (Å²) >= 11 is 3.33. The van der Waals surface area contributed by atoms with Gasteiger partial charge in [0.2, 0.25) is 5.91 Å². The lowest BCUT2D eigenvalue weighted by Crippen LogP contribution is -2.58. The zero-order valence-corrected chi connectivity index (χ0v) is 16.8. The van der Waals surface area contributed by atoms with Crippen molar-refractivity contribution in [3.8, 4) is 17.1 Å². The number of fused-ring (bicyclic) bond motifs is 3. The molecule has 0 bridgehead atoms. The van der Waals surface area contributed by atoms with Crippen molar-refractivity contribution in [2.75, 3.05) is 11.2 Å². The van der Waals surface area contributed by atoms with Crippen LogP contribution in [-0.2, 0) is 4.79 Å². The standard InChI is InChI=1S/C17H13IN4O3S/c1-9(23)21-11-6-4-3-5-10(11)14-15(24)19-17(26-2)20-22(14)16(21)12-7-8-13(18)25-12/h3-8,16H,1-2H3. The number of anilines is 1. The molecule has 1 aliphatic heterocycles. The van der Waals surface area contributed by atoms with Gasteiger partial charge in [-0.2, -0.15) is 0 Å². The number of hydrogen-bond donors (Lipinski definition) is 0. The average molecular weight is 480 g/mol. The molecule has 26 heavy (non-hydrogen) atoms. The minimum absolute atomic E-state index is 0.177. The largest absolute Gasteiger partial charge is 0.854 e. The van der Waals surface area contributed by atoms with Crippen LogP contribution in [0.25, 0.3) is 11.3 Å². The molecule has 1 atom stereocenters.